The van der Waals surface area contributed by atoms with Crippen LogP contribution in [0.1, 0.15) is 16.7 Å². The van der Waals surface area contributed by atoms with Crippen LogP contribution in [0.3, 0.4) is 0 Å². The molecule has 116 valence electrons. The van der Waals surface area contributed by atoms with Gasteiger partial charge in [0.1, 0.15) is 0 Å². The van der Waals surface area contributed by atoms with E-state index in [9.17, 15) is 8.42 Å². The molecule has 0 aliphatic carbocycles. The fraction of sp³-hybridized carbons (Fsp3) is 0.158. The van der Waals surface area contributed by atoms with Crippen molar-refractivity contribution in [1.29, 1.82) is 0 Å². The first-order valence-corrected chi connectivity index (χ1v) is 9.05. The van der Waals surface area contributed by atoms with Gasteiger partial charge in [0.2, 0.25) is 10.0 Å². The first-order valence-electron chi connectivity index (χ1n) is 7.61. The smallest absolute Gasteiger partial charge is 0.207 e. The van der Waals surface area contributed by atoms with Crippen LogP contribution in [-0.4, -0.2) is 12.7 Å². The standard InChI is InChI=1S/C19H17NO2S/c1-14-6-8-19(9-7-14)23(21,22)20-12-17-10-15-4-2-3-5-16(15)11-18(17)13-20/h2-11H,12-13H2,1H3. The van der Waals surface area contributed by atoms with Gasteiger partial charge in [0.15, 0.2) is 0 Å². The van der Waals surface area contributed by atoms with Crippen LogP contribution >= 0.6 is 0 Å². The number of aryl methyl sites for hydroxylation is 1. The topological polar surface area (TPSA) is 37.4 Å². The van der Waals surface area contributed by atoms with Gasteiger partial charge in [-0.15, -0.1) is 0 Å². The molecule has 0 saturated heterocycles. The first-order chi connectivity index (χ1) is 11.0. The first kappa shape index (κ1) is 14.4. The van der Waals surface area contributed by atoms with Gasteiger partial charge in [0.05, 0.1) is 4.90 Å². The summed E-state index contributed by atoms with van der Waals surface area (Å²) in [6.07, 6.45) is 0. The van der Waals surface area contributed by atoms with Crippen LogP contribution in [0.25, 0.3) is 10.8 Å². The Kier molecular flexibility index (Phi) is 3.25. The molecular weight excluding hydrogens is 306 g/mol. The maximum absolute atomic E-state index is 12.8. The van der Waals surface area contributed by atoms with Crippen LogP contribution in [-0.2, 0) is 23.1 Å². The lowest BCUT2D eigenvalue weighted by molar-refractivity contribution is 0.431. The average Bonchev–Trinajstić information content (AvgIpc) is 2.96. The Labute approximate surface area is 136 Å². The monoisotopic (exact) mass is 323 g/mol. The Morgan fingerprint density at radius 3 is 1.87 bits per heavy atom. The maximum Gasteiger partial charge on any atom is 0.243 e. The summed E-state index contributed by atoms with van der Waals surface area (Å²) in [5.41, 5.74) is 3.25. The number of sulfonamides is 1. The molecule has 0 fully saturated rings. The van der Waals surface area contributed by atoms with Crippen molar-refractivity contribution in [3.63, 3.8) is 0 Å². The number of hydrogen-bond acceptors (Lipinski definition) is 2. The third kappa shape index (κ3) is 2.44. The van der Waals surface area contributed by atoms with Crippen molar-refractivity contribution in [3.05, 3.63) is 77.4 Å². The SMILES string of the molecule is Cc1ccc(S(=O)(=O)N2Cc3cc4ccccc4cc3C2)cc1. The number of fused-ring (bicyclic) bond motifs is 2. The molecule has 1 aliphatic heterocycles. The van der Waals surface area contributed by atoms with Crippen LogP contribution in [0.5, 0.6) is 0 Å². The van der Waals surface area contributed by atoms with Gasteiger partial charge in [0, 0.05) is 13.1 Å². The molecule has 0 atom stereocenters. The molecule has 4 rings (SSSR count). The molecule has 4 heteroatoms. The molecular formula is C19H17NO2S. The second kappa shape index (κ2) is 5.18. The molecule has 0 spiro atoms. The summed E-state index contributed by atoms with van der Waals surface area (Å²) in [6.45, 7) is 2.83. The van der Waals surface area contributed by atoms with E-state index in [0.717, 1.165) is 27.5 Å². The van der Waals surface area contributed by atoms with Crippen molar-refractivity contribution < 1.29 is 8.42 Å². The Morgan fingerprint density at radius 1 is 0.826 bits per heavy atom. The molecule has 0 aromatic heterocycles. The predicted molar refractivity (Wildman–Crippen MR) is 91.6 cm³/mol. The highest BCUT2D eigenvalue weighted by Crippen LogP contribution is 2.31. The predicted octanol–water partition coefficient (Wildman–Crippen LogP) is 3.85. The minimum Gasteiger partial charge on any atom is -0.207 e. The van der Waals surface area contributed by atoms with Crippen LogP contribution in [0, 0.1) is 6.92 Å². The molecule has 0 radical (unpaired) electrons. The van der Waals surface area contributed by atoms with Gasteiger partial charge in [-0.3, -0.25) is 0 Å². The summed E-state index contributed by atoms with van der Waals surface area (Å²) in [6, 6.07) is 19.4. The zero-order chi connectivity index (χ0) is 16.0. The average molecular weight is 323 g/mol. The second-order valence-corrected chi connectivity index (χ2v) is 7.99. The Hall–Kier alpha value is -2.17. The highest BCUT2D eigenvalue weighted by atomic mass is 32.2. The lowest BCUT2D eigenvalue weighted by Crippen LogP contribution is -2.25. The molecule has 23 heavy (non-hydrogen) atoms. The summed E-state index contributed by atoms with van der Waals surface area (Å²) >= 11 is 0. The summed E-state index contributed by atoms with van der Waals surface area (Å²) in [5.74, 6) is 0. The van der Waals surface area contributed by atoms with Crippen molar-refractivity contribution in [1.82, 2.24) is 4.31 Å². The Morgan fingerprint density at radius 2 is 1.35 bits per heavy atom. The lowest BCUT2D eigenvalue weighted by Gasteiger charge is -2.15. The van der Waals surface area contributed by atoms with Gasteiger partial charge < -0.3 is 0 Å². The van der Waals surface area contributed by atoms with E-state index in [4.69, 9.17) is 0 Å². The normalized spacial score (nSPS) is 15.0. The van der Waals surface area contributed by atoms with Crippen molar-refractivity contribution in [2.45, 2.75) is 24.9 Å². The van der Waals surface area contributed by atoms with Gasteiger partial charge in [0.25, 0.3) is 0 Å². The van der Waals surface area contributed by atoms with Crippen molar-refractivity contribution in [2.24, 2.45) is 0 Å². The third-order valence-electron chi connectivity index (χ3n) is 4.42. The van der Waals surface area contributed by atoms with E-state index >= 15 is 0 Å². The zero-order valence-electron chi connectivity index (χ0n) is 12.9. The van der Waals surface area contributed by atoms with Crippen molar-refractivity contribution in [3.8, 4) is 0 Å². The number of benzene rings is 3. The zero-order valence-corrected chi connectivity index (χ0v) is 13.7. The molecule has 0 bridgehead atoms. The lowest BCUT2D eigenvalue weighted by atomic mass is 10.0. The van der Waals surface area contributed by atoms with Crippen molar-refractivity contribution >= 4 is 20.8 Å². The van der Waals surface area contributed by atoms with Gasteiger partial charge in [-0.2, -0.15) is 4.31 Å². The molecule has 0 saturated carbocycles. The molecule has 1 aliphatic rings. The van der Waals surface area contributed by atoms with Crippen LogP contribution in [0.15, 0.2) is 65.6 Å². The van der Waals surface area contributed by atoms with E-state index in [2.05, 4.69) is 24.3 Å². The minimum atomic E-state index is -3.45. The van der Waals surface area contributed by atoms with E-state index in [0.29, 0.717) is 18.0 Å². The van der Waals surface area contributed by atoms with Crippen LogP contribution in [0.4, 0.5) is 0 Å². The number of rotatable bonds is 2. The quantitative estimate of drug-likeness (QED) is 0.718. The van der Waals surface area contributed by atoms with Crippen LogP contribution in [0.2, 0.25) is 0 Å². The van der Waals surface area contributed by atoms with E-state index < -0.39 is 10.0 Å². The highest BCUT2D eigenvalue weighted by Gasteiger charge is 2.30. The number of hydrogen-bond donors (Lipinski definition) is 0. The van der Waals surface area contributed by atoms with E-state index in [1.54, 1.807) is 16.4 Å². The highest BCUT2D eigenvalue weighted by molar-refractivity contribution is 7.89. The molecule has 3 aromatic carbocycles. The number of nitrogens with zero attached hydrogens (tertiary/aromatic N) is 1. The third-order valence-corrected chi connectivity index (χ3v) is 6.23. The van der Waals surface area contributed by atoms with Gasteiger partial charge >= 0.3 is 0 Å². The summed E-state index contributed by atoms with van der Waals surface area (Å²) in [4.78, 5) is 0.362. The second-order valence-electron chi connectivity index (χ2n) is 6.05. The summed E-state index contributed by atoms with van der Waals surface area (Å²) in [7, 11) is -3.45. The largest absolute Gasteiger partial charge is 0.243 e. The van der Waals surface area contributed by atoms with E-state index in [1.807, 2.05) is 31.2 Å². The Bertz CT molecular complexity index is 947. The van der Waals surface area contributed by atoms with E-state index in [-0.39, 0.29) is 0 Å². The maximum atomic E-state index is 12.8. The van der Waals surface area contributed by atoms with E-state index in [1.165, 1.54) is 0 Å². The molecule has 0 N–H and O–H groups in total. The van der Waals surface area contributed by atoms with Gasteiger partial charge in [-0.1, -0.05) is 42.0 Å². The molecule has 0 unspecified atom stereocenters. The van der Waals surface area contributed by atoms with Gasteiger partial charge in [-0.25, -0.2) is 8.42 Å². The van der Waals surface area contributed by atoms with Crippen molar-refractivity contribution in [2.75, 3.05) is 0 Å². The summed E-state index contributed by atoms with van der Waals surface area (Å²) in [5, 5.41) is 2.31. The fourth-order valence-electron chi connectivity index (χ4n) is 3.09. The molecule has 1 heterocycles. The Balaban J connectivity index is 1.72. The molecule has 3 aromatic rings. The minimum absolute atomic E-state index is 0.362. The van der Waals surface area contributed by atoms with Crippen LogP contribution < -0.4 is 0 Å². The fourth-order valence-corrected chi connectivity index (χ4v) is 4.49. The van der Waals surface area contributed by atoms with Gasteiger partial charge in [-0.05, 0) is 53.1 Å². The molecule has 0 amide bonds. The molecule has 3 nitrogen and oxygen atoms in total. The summed E-state index contributed by atoms with van der Waals surface area (Å²) < 4.78 is 27.2.